The van der Waals surface area contributed by atoms with Crippen LogP contribution in [0, 0.1) is 87.8 Å². The Morgan fingerprint density at radius 1 is 0.419 bits per heavy atom. The standard InChI is InChI=1S/C14H15N2O6.C13H14N2O7.C13H13N2O6.C12H13N3O5.4HNO3.4Y/c1-10(17)21-9-12-3-2-8-15(12)14(18)22-13-6-4-11(5-7-13)16(19)20;16-12(14-7-1-2-10(14)8-21-13(17)18)22-11-5-3-9(4-6-11)15(19)20;16-9-20-8-11-2-1-7-14(11)13(17)21-12-5-3-10(4-6-12)15(18)19;13-11(16)10-2-1-7-14(10)12(17)20-9-5-3-8(4-6-9)15(18)19;4*2-1(3)4;;;;/h4-7,12H,1-3,8-9H2;3-6,10H,1-2,7-8H2,(H,17,18);3-6,11H,1-2,7-8H2;3-6,10H,1-2,7H2,(H2,13,16);4*(H,2,3,4);;;;/q-1;;-1;;;;;;;;;/p-1. The van der Waals surface area contributed by atoms with Crippen molar-refractivity contribution in [3.8, 4) is 23.0 Å². The van der Waals surface area contributed by atoms with Gasteiger partial charge < -0.3 is 89.1 Å². The molecule has 6 N–H and O–H groups in total. The average molecular weight is 1800 g/mol. The Hall–Kier alpha value is -9.67. The number of nitrogens with zero attached hydrogens (tertiary/aromatic N) is 12. The van der Waals surface area contributed by atoms with Gasteiger partial charge in [0, 0.05) is 206 Å². The normalized spacial score (nSPS) is 14.9. The number of hydrogen-bond acceptors (Lipinski definition) is 31. The van der Waals surface area contributed by atoms with Gasteiger partial charge in [-0.25, -0.2) is 24.0 Å². The third-order valence-corrected chi connectivity index (χ3v) is 12.8. The zero-order valence-electron chi connectivity index (χ0n) is 53.9. The number of benzene rings is 4. The van der Waals surface area contributed by atoms with Gasteiger partial charge in [0.25, 0.3) is 43.1 Å². The number of non-ortho nitro benzene ring substituents is 4. The first-order chi connectivity index (χ1) is 47.5. The fraction of sp³-hybridized carbons (Fsp3) is 0.365. The monoisotopic (exact) mass is 1800 g/mol. The predicted molar refractivity (Wildman–Crippen MR) is 322 cm³/mol. The van der Waals surface area contributed by atoms with E-state index >= 15 is 0 Å². The number of nitrogens with one attached hydrogen (secondary N) is 1. The number of nitro benzene ring substituents is 4. The number of amides is 5. The van der Waals surface area contributed by atoms with E-state index in [2.05, 4.69) is 16.4 Å². The molecule has 4 heterocycles. The minimum absolute atomic E-state index is 0. The van der Waals surface area contributed by atoms with Crippen LogP contribution >= 0.6 is 0 Å². The molecule has 49 nitrogen and oxygen atoms in total. The van der Waals surface area contributed by atoms with Gasteiger partial charge in [0.15, 0.2) is 5.97 Å². The Bertz CT molecular complexity index is 3340. The van der Waals surface area contributed by atoms with Crippen LogP contribution in [0.5, 0.6) is 23.0 Å². The van der Waals surface area contributed by atoms with E-state index in [1.807, 2.05) is 0 Å². The molecule has 4 fully saturated rings. The zero-order valence-corrected chi connectivity index (χ0v) is 65.3. The van der Waals surface area contributed by atoms with E-state index in [-0.39, 0.29) is 215 Å². The van der Waals surface area contributed by atoms with Crippen LogP contribution in [0.2, 0.25) is 0 Å². The van der Waals surface area contributed by atoms with Gasteiger partial charge in [0.1, 0.15) is 36.2 Å². The van der Waals surface area contributed by atoms with E-state index in [1.54, 1.807) is 0 Å². The molecular weight excluding hydrogens is 1740 g/mol. The van der Waals surface area contributed by atoms with Gasteiger partial charge in [-0.2, -0.15) is 0 Å². The van der Waals surface area contributed by atoms with Crippen molar-refractivity contribution in [2.24, 2.45) is 0 Å². The summed E-state index contributed by atoms with van der Waals surface area (Å²) in [4.78, 5) is 169. The molecule has 4 unspecified atom stereocenters. The smallest absolute Gasteiger partial charge is 0.505 e. The summed E-state index contributed by atoms with van der Waals surface area (Å²) in [7, 11) is 0. The predicted octanol–water partition coefficient (Wildman–Crippen LogP) is 6.57. The fourth-order valence-electron chi connectivity index (χ4n) is 8.67. The largest absolute Gasteiger partial charge is 0.666 e. The van der Waals surface area contributed by atoms with E-state index in [0.29, 0.717) is 51.9 Å². The molecule has 4 aliphatic rings. The van der Waals surface area contributed by atoms with Gasteiger partial charge in [-0.05, 0) is 99.9 Å². The van der Waals surface area contributed by atoms with Crippen LogP contribution in [0.4, 0.5) is 46.7 Å². The van der Waals surface area contributed by atoms with Crippen LogP contribution in [0.25, 0.3) is 5.73 Å². The summed E-state index contributed by atoms with van der Waals surface area (Å²) in [5, 5.41) is 105. The summed E-state index contributed by atoms with van der Waals surface area (Å²) in [5.41, 5.74) is 6.72. The minimum Gasteiger partial charge on any atom is -0.666 e. The maximum atomic E-state index is 12.1. The molecule has 0 spiro atoms. The maximum absolute atomic E-state index is 12.1. The van der Waals surface area contributed by atoms with Gasteiger partial charge in [-0.15, -0.1) is 40.5 Å². The molecule has 0 aliphatic carbocycles. The molecule has 105 heavy (non-hydrogen) atoms. The molecule has 4 radical (unpaired) electrons. The number of nitro groups is 4. The molecule has 4 saturated heterocycles. The quantitative estimate of drug-likeness (QED) is 0.0260. The summed E-state index contributed by atoms with van der Waals surface area (Å²) in [6.45, 7) is 6.32. The molecule has 53 heteroatoms. The van der Waals surface area contributed by atoms with Crippen LogP contribution in [-0.2, 0) is 159 Å². The van der Waals surface area contributed by atoms with Crippen LogP contribution in [0.3, 0.4) is 0 Å². The Morgan fingerprint density at radius 2 is 0.648 bits per heavy atom. The molecule has 4 atom stereocenters. The topological polar surface area (TPSA) is 684 Å². The van der Waals surface area contributed by atoms with Crippen molar-refractivity contribution in [1.82, 2.24) is 19.6 Å². The molecule has 5 amide bonds. The third kappa shape index (κ3) is 43.3. The Labute approximate surface area is 688 Å². The Morgan fingerprint density at radius 3 is 0.876 bits per heavy atom. The number of ether oxygens (including phenoxy) is 7. The number of carboxylic acid groups (broad SMARTS) is 1. The summed E-state index contributed by atoms with van der Waals surface area (Å²) in [6.07, 6.45) is 1.57. The third-order valence-electron chi connectivity index (χ3n) is 12.8. The van der Waals surface area contributed by atoms with E-state index in [9.17, 15) is 78.8 Å². The first-order valence-electron chi connectivity index (χ1n) is 27.8. The van der Waals surface area contributed by atoms with E-state index in [4.69, 9.17) is 95.8 Å². The average Bonchev–Trinajstić information content (AvgIpc) is 1.78. The molecule has 4 aromatic rings. The van der Waals surface area contributed by atoms with E-state index in [1.165, 1.54) is 123 Å². The second kappa shape index (κ2) is 54.9. The molecule has 4 aromatic carbocycles. The molecule has 0 bridgehead atoms. The Balaban J connectivity index is -0.000000597. The first kappa shape index (κ1) is 102. The maximum Gasteiger partial charge on any atom is 0.505 e. The van der Waals surface area contributed by atoms with Crippen molar-refractivity contribution in [3.63, 3.8) is 0 Å². The zero-order chi connectivity index (χ0) is 76.5. The molecule has 0 saturated carbocycles. The Kier molecular flexibility index (Phi) is 53.2. The van der Waals surface area contributed by atoms with Gasteiger partial charge in [0.2, 0.25) is 0 Å². The fourth-order valence-corrected chi connectivity index (χ4v) is 8.67. The number of hydrogen-bond donors (Lipinski definition) is 5. The summed E-state index contributed by atoms with van der Waals surface area (Å²) < 4.78 is 34.4. The molecule has 4 aliphatic heterocycles. The van der Waals surface area contributed by atoms with Gasteiger partial charge in [-0.3, -0.25) is 57.1 Å². The molecule has 8 rings (SSSR count). The van der Waals surface area contributed by atoms with Crippen LogP contribution in [0.15, 0.2) is 97.1 Å². The SMILES string of the molecule is O=C(O)OCC1CCCN1C(=O)Oc1ccc([N+](=O)[O-])cc1.O=[C-]OCC1CCCN1C(=O)Oc1ccc([N+](=O)[O-])cc1.O=[N+]([O-])O.O=[N+]([O-])O.O=[N+]([O-])O.O=[N+]([O-])O.[CH2-]C(=O)OCC1CCCN1C(=O)Oc1ccc([N+](=O)[O-])cc1.[NH-]C(=O)C1CCCN1C(=O)Oc1ccc([N+](=O)[O-])cc1.[Y].[Y].[Y].[Y]. The summed E-state index contributed by atoms with van der Waals surface area (Å²) in [6, 6.07) is 19.1. The van der Waals surface area contributed by atoms with E-state index < -0.39 is 88.5 Å². The second-order valence-corrected chi connectivity index (χ2v) is 19.3. The minimum atomic E-state index is -1.50. The number of rotatable bonds is 16. The van der Waals surface area contributed by atoms with Crippen molar-refractivity contribution in [1.29, 1.82) is 0 Å². The van der Waals surface area contributed by atoms with Crippen LogP contribution in [-0.4, -0.2) is 205 Å². The molecule has 562 valence electrons. The van der Waals surface area contributed by atoms with Crippen molar-refractivity contribution in [2.45, 2.75) is 75.5 Å². The van der Waals surface area contributed by atoms with Gasteiger partial charge >= 0.3 is 30.5 Å². The number of likely N-dealkylation sites (tertiary alicyclic amines) is 4. The van der Waals surface area contributed by atoms with Crippen molar-refractivity contribution >= 4 is 71.6 Å². The van der Waals surface area contributed by atoms with Crippen molar-refractivity contribution < 1.29 is 268 Å². The molecule has 0 aromatic heterocycles. The first-order valence-corrected chi connectivity index (χ1v) is 27.8. The molecular formula is C52H58N13O36Y4-3. The summed E-state index contributed by atoms with van der Waals surface area (Å²) in [5.74, 6) is -0.683. The van der Waals surface area contributed by atoms with Crippen molar-refractivity contribution in [2.75, 3.05) is 46.0 Å². The number of carbonyl (C=O) groups excluding carboxylic acids is 7. The van der Waals surface area contributed by atoms with Gasteiger partial charge in [0.05, 0.1) is 56.4 Å². The number of carbonyl (C=O) groups is 7. The van der Waals surface area contributed by atoms with Crippen molar-refractivity contribution in [3.05, 3.63) is 191 Å². The van der Waals surface area contributed by atoms with Crippen LogP contribution < -0.4 is 18.9 Å². The van der Waals surface area contributed by atoms with E-state index in [0.717, 1.165) is 25.7 Å². The van der Waals surface area contributed by atoms with Crippen LogP contribution in [0.1, 0.15) is 51.4 Å². The van der Waals surface area contributed by atoms with Gasteiger partial charge in [-0.1, -0.05) is 6.47 Å². The number of esters is 1. The summed E-state index contributed by atoms with van der Waals surface area (Å²) >= 11 is 0. The second-order valence-electron chi connectivity index (χ2n) is 19.3.